The van der Waals surface area contributed by atoms with E-state index in [1.54, 1.807) is 17.9 Å². The number of carbonyl (C=O) groups is 1. The molecule has 1 heterocycles. The maximum atomic E-state index is 12.4. The summed E-state index contributed by atoms with van der Waals surface area (Å²) in [5.41, 5.74) is 3.16. The molecule has 5 nitrogen and oxygen atoms in total. The van der Waals surface area contributed by atoms with Crippen LogP contribution in [0.3, 0.4) is 0 Å². The van der Waals surface area contributed by atoms with Gasteiger partial charge in [0.05, 0.1) is 12.2 Å². The zero-order valence-electron chi connectivity index (χ0n) is 13.3. The standard InChI is InChI=1S/C16H22N4O.ClH/c1-11-5-7-13(8-6-11)12(2)19-16(21)15(17-3)14-9-18-20(4)10-14;/h5-10,12,15,17H,1-4H3,(H,19,21);1H. The summed E-state index contributed by atoms with van der Waals surface area (Å²) >= 11 is 0. The van der Waals surface area contributed by atoms with E-state index >= 15 is 0 Å². The molecule has 1 aromatic carbocycles. The van der Waals surface area contributed by atoms with E-state index in [0.717, 1.165) is 11.1 Å². The minimum atomic E-state index is -0.397. The van der Waals surface area contributed by atoms with Gasteiger partial charge in [0.1, 0.15) is 6.04 Å². The average molecular weight is 323 g/mol. The third kappa shape index (κ3) is 4.32. The zero-order chi connectivity index (χ0) is 15.4. The van der Waals surface area contributed by atoms with Crippen molar-refractivity contribution in [3.05, 3.63) is 53.3 Å². The van der Waals surface area contributed by atoms with E-state index in [0.29, 0.717) is 0 Å². The van der Waals surface area contributed by atoms with E-state index in [-0.39, 0.29) is 24.4 Å². The molecule has 0 aliphatic heterocycles. The second-order valence-corrected chi connectivity index (χ2v) is 5.31. The highest BCUT2D eigenvalue weighted by atomic mass is 35.5. The highest BCUT2D eigenvalue weighted by molar-refractivity contribution is 5.85. The van der Waals surface area contributed by atoms with Crippen molar-refractivity contribution in [2.75, 3.05) is 7.05 Å². The summed E-state index contributed by atoms with van der Waals surface area (Å²) in [6.45, 7) is 4.03. The minimum Gasteiger partial charge on any atom is -0.348 e. The van der Waals surface area contributed by atoms with Crippen molar-refractivity contribution in [2.45, 2.75) is 25.9 Å². The maximum absolute atomic E-state index is 12.4. The maximum Gasteiger partial charge on any atom is 0.242 e. The molecule has 2 N–H and O–H groups in total. The number of carbonyl (C=O) groups excluding carboxylic acids is 1. The lowest BCUT2D eigenvalue weighted by Crippen LogP contribution is -2.37. The van der Waals surface area contributed by atoms with E-state index in [4.69, 9.17) is 0 Å². The Balaban J connectivity index is 0.00000242. The molecule has 2 rings (SSSR count). The Morgan fingerprint density at radius 3 is 2.36 bits per heavy atom. The van der Waals surface area contributed by atoms with Gasteiger partial charge in [0.15, 0.2) is 0 Å². The Morgan fingerprint density at radius 1 is 1.23 bits per heavy atom. The number of hydrogen-bond acceptors (Lipinski definition) is 3. The van der Waals surface area contributed by atoms with Crippen LogP contribution in [0.2, 0.25) is 0 Å². The first kappa shape index (κ1) is 18.2. The molecule has 0 aliphatic rings. The molecule has 2 atom stereocenters. The second-order valence-electron chi connectivity index (χ2n) is 5.31. The van der Waals surface area contributed by atoms with Gasteiger partial charge in [-0.1, -0.05) is 29.8 Å². The number of aryl methyl sites for hydroxylation is 2. The van der Waals surface area contributed by atoms with Gasteiger partial charge >= 0.3 is 0 Å². The number of halogens is 1. The zero-order valence-corrected chi connectivity index (χ0v) is 14.1. The Hall–Kier alpha value is -1.85. The van der Waals surface area contributed by atoms with Gasteiger partial charge in [-0.15, -0.1) is 12.4 Å². The summed E-state index contributed by atoms with van der Waals surface area (Å²) in [5, 5.41) is 10.2. The second kappa shape index (κ2) is 7.96. The summed E-state index contributed by atoms with van der Waals surface area (Å²) in [5.74, 6) is -0.0569. The number of rotatable bonds is 5. The van der Waals surface area contributed by atoms with Gasteiger partial charge in [-0.05, 0) is 26.5 Å². The van der Waals surface area contributed by atoms with Crippen LogP contribution in [0.5, 0.6) is 0 Å². The van der Waals surface area contributed by atoms with Gasteiger partial charge in [-0.3, -0.25) is 9.48 Å². The highest BCUT2D eigenvalue weighted by Gasteiger charge is 2.21. The lowest BCUT2D eigenvalue weighted by molar-refractivity contribution is -0.123. The van der Waals surface area contributed by atoms with E-state index in [1.165, 1.54) is 5.56 Å². The van der Waals surface area contributed by atoms with Crippen molar-refractivity contribution in [1.82, 2.24) is 20.4 Å². The fourth-order valence-electron chi connectivity index (χ4n) is 2.27. The van der Waals surface area contributed by atoms with Crippen LogP contribution >= 0.6 is 12.4 Å². The van der Waals surface area contributed by atoms with Crippen LogP contribution in [0.25, 0.3) is 0 Å². The van der Waals surface area contributed by atoms with E-state index in [2.05, 4.69) is 27.9 Å². The highest BCUT2D eigenvalue weighted by Crippen LogP contribution is 2.16. The molecule has 0 saturated carbocycles. The molecular formula is C16H23ClN4O. The number of likely N-dealkylation sites (N-methyl/N-ethyl adjacent to an activating group) is 1. The first-order valence-electron chi connectivity index (χ1n) is 7.04. The van der Waals surface area contributed by atoms with Crippen molar-refractivity contribution < 1.29 is 4.79 Å². The third-order valence-corrected chi connectivity index (χ3v) is 3.55. The van der Waals surface area contributed by atoms with Crippen LogP contribution in [0.1, 0.15) is 35.7 Å². The third-order valence-electron chi connectivity index (χ3n) is 3.55. The summed E-state index contributed by atoms with van der Waals surface area (Å²) in [4.78, 5) is 12.4. The Kier molecular flexibility index (Phi) is 6.59. The van der Waals surface area contributed by atoms with Crippen molar-refractivity contribution >= 4 is 18.3 Å². The van der Waals surface area contributed by atoms with Gasteiger partial charge in [-0.25, -0.2) is 0 Å². The molecule has 0 radical (unpaired) electrons. The van der Waals surface area contributed by atoms with Crippen LogP contribution in [0.15, 0.2) is 36.7 Å². The molecule has 0 fully saturated rings. The molecule has 1 amide bonds. The summed E-state index contributed by atoms with van der Waals surface area (Å²) in [7, 11) is 3.61. The summed E-state index contributed by atoms with van der Waals surface area (Å²) < 4.78 is 1.69. The first-order valence-corrected chi connectivity index (χ1v) is 7.04. The van der Waals surface area contributed by atoms with Gasteiger partial charge in [0.2, 0.25) is 5.91 Å². The minimum absolute atomic E-state index is 0. The predicted molar refractivity (Wildman–Crippen MR) is 90.0 cm³/mol. The topological polar surface area (TPSA) is 59.0 Å². The fourth-order valence-corrected chi connectivity index (χ4v) is 2.27. The summed E-state index contributed by atoms with van der Waals surface area (Å²) in [6.07, 6.45) is 3.55. The lowest BCUT2D eigenvalue weighted by Gasteiger charge is -2.19. The lowest BCUT2D eigenvalue weighted by atomic mass is 10.1. The van der Waals surface area contributed by atoms with Crippen molar-refractivity contribution in [2.24, 2.45) is 7.05 Å². The molecule has 0 bridgehead atoms. The normalized spacial score (nSPS) is 13.1. The number of aromatic nitrogens is 2. The molecule has 120 valence electrons. The molecule has 0 aliphatic carbocycles. The monoisotopic (exact) mass is 322 g/mol. The van der Waals surface area contributed by atoms with Crippen LogP contribution in [-0.4, -0.2) is 22.7 Å². The quantitative estimate of drug-likeness (QED) is 0.888. The fraction of sp³-hybridized carbons (Fsp3) is 0.375. The SMILES string of the molecule is CNC(C(=O)NC(C)c1ccc(C)cc1)c1cnn(C)c1.Cl. The van der Waals surface area contributed by atoms with E-state index in [9.17, 15) is 4.79 Å². The molecule has 0 spiro atoms. The predicted octanol–water partition coefficient (Wildman–Crippen LogP) is 2.29. The van der Waals surface area contributed by atoms with Crippen molar-refractivity contribution in [3.63, 3.8) is 0 Å². The number of amides is 1. The van der Waals surface area contributed by atoms with Crippen LogP contribution in [-0.2, 0) is 11.8 Å². The molecule has 1 aromatic heterocycles. The van der Waals surface area contributed by atoms with Crippen LogP contribution < -0.4 is 10.6 Å². The van der Waals surface area contributed by atoms with E-state index < -0.39 is 6.04 Å². The largest absolute Gasteiger partial charge is 0.348 e. The Labute approximate surface area is 137 Å². The molecule has 2 unspecified atom stereocenters. The van der Waals surface area contributed by atoms with Gasteiger partial charge in [0, 0.05) is 18.8 Å². The molecule has 22 heavy (non-hydrogen) atoms. The molecule has 6 heteroatoms. The van der Waals surface area contributed by atoms with Crippen molar-refractivity contribution in [3.8, 4) is 0 Å². The number of nitrogens with one attached hydrogen (secondary N) is 2. The molecule has 2 aromatic rings. The van der Waals surface area contributed by atoms with Gasteiger partial charge < -0.3 is 10.6 Å². The smallest absolute Gasteiger partial charge is 0.242 e. The number of nitrogens with zero attached hydrogens (tertiary/aromatic N) is 2. The van der Waals surface area contributed by atoms with Gasteiger partial charge in [0.25, 0.3) is 0 Å². The Morgan fingerprint density at radius 2 is 1.86 bits per heavy atom. The first-order chi connectivity index (χ1) is 10.0. The summed E-state index contributed by atoms with van der Waals surface area (Å²) in [6, 6.07) is 7.75. The Bertz CT molecular complexity index is 609. The van der Waals surface area contributed by atoms with Crippen LogP contribution in [0, 0.1) is 6.92 Å². The van der Waals surface area contributed by atoms with Crippen LogP contribution in [0.4, 0.5) is 0 Å². The number of benzene rings is 1. The number of hydrogen-bond donors (Lipinski definition) is 2. The van der Waals surface area contributed by atoms with Crippen molar-refractivity contribution in [1.29, 1.82) is 0 Å². The molecule has 0 saturated heterocycles. The van der Waals surface area contributed by atoms with E-state index in [1.807, 2.05) is 39.2 Å². The average Bonchev–Trinajstić information content (AvgIpc) is 2.86. The van der Waals surface area contributed by atoms with Gasteiger partial charge in [-0.2, -0.15) is 5.10 Å². The molecular weight excluding hydrogens is 300 g/mol.